The molecule has 0 bridgehead atoms. The van der Waals surface area contributed by atoms with Gasteiger partial charge in [0.25, 0.3) is 0 Å². The van der Waals surface area contributed by atoms with Crippen LogP contribution < -0.4 is 5.32 Å². The largest absolute Gasteiger partial charge is 0.310 e. The first kappa shape index (κ1) is 13.7. The minimum Gasteiger partial charge on any atom is -0.310 e. The third-order valence-electron chi connectivity index (χ3n) is 3.63. The Kier molecular flexibility index (Phi) is 4.45. The zero-order valence-corrected chi connectivity index (χ0v) is 12.7. The van der Waals surface area contributed by atoms with Crippen LogP contribution in [0.2, 0.25) is 0 Å². The van der Waals surface area contributed by atoms with E-state index in [1.54, 1.807) is 11.3 Å². The molecule has 1 aliphatic rings. The Morgan fingerprint density at radius 2 is 2.05 bits per heavy atom. The molecule has 0 atom stereocenters. The van der Waals surface area contributed by atoms with Crippen molar-refractivity contribution in [3.05, 3.63) is 52.0 Å². The average molecular weight is 287 g/mol. The zero-order valence-electron chi connectivity index (χ0n) is 11.9. The summed E-state index contributed by atoms with van der Waals surface area (Å²) in [5.41, 5.74) is 5.89. The number of hydrogen-bond donors (Lipinski definition) is 1. The van der Waals surface area contributed by atoms with Crippen LogP contribution in [0.25, 0.3) is 0 Å². The maximum Gasteiger partial charge on any atom is 0.0795 e. The SMILES string of the molecule is CN(Cc1cscn1)Cc1ccccc1CNC1CC1. The van der Waals surface area contributed by atoms with Crippen LogP contribution in [0.5, 0.6) is 0 Å². The Morgan fingerprint density at radius 3 is 2.75 bits per heavy atom. The van der Waals surface area contributed by atoms with E-state index in [-0.39, 0.29) is 0 Å². The highest BCUT2D eigenvalue weighted by Gasteiger charge is 2.20. The molecule has 0 saturated heterocycles. The number of thiazole rings is 1. The molecule has 0 spiro atoms. The van der Waals surface area contributed by atoms with Crippen molar-refractivity contribution in [3.8, 4) is 0 Å². The fourth-order valence-corrected chi connectivity index (χ4v) is 2.91. The summed E-state index contributed by atoms with van der Waals surface area (Å²) < 4.78 is 0. The van der Waals surface area contributed by atoms with Gasteiger partial charge in [-0.1, -0.05) is 24.3 Å². The first-order valence-electron chi connectivity index (χ1n) is 7.17. The average Bonchev–Trinajstić information content (AvgIpc) is 3.14. The van der Waals surface area contributed by atoms with Gasteiger partial charge in [-0.2, -0.15) is 0 Å². The number of hydrogen-bond acceptors (Lipinski definition) is 4. The van der Waals surface area contributed by atoms with Crippen molar-refractivity contribution in [1.29, 1.82) is 0 Å². The summed E-state index contributed by atoms with van der Waals surface area (Å²) in [7, 11) is 2.16. The Bertz CT molecular complexity index is 534. The molecule has 0 aliphatic heterocycles. The van der Waals surface area contributed by atoms with Gasteiger partial charge in [-0.25, -0.2) is 4.98 Å². The summed E-state index contributed by atoms with van der Waals surface area (Å²) in [5, 5.41) is 5.72. The van der Waals surface area contributed by atoms with Crippen molar-refractivity contribution in [1.82, 2.24) is 15.2 Å². The predicted octanol–water partition coefficient (Wildman–Crippen LogP) is 3.03. The maximum atomic E-state index is 4.35. The number of benzene rings is 1. The summed E-state index contributed by atoms with van der Waals surface area (Å²) in [6, 6.07) is 9.50. The molecule has 3 nitrogen and oxygen atoms in total. The van der Waals surface area contributed by atoms with E-state index >= 15 is 0 Å². The van der Waals surface area contributed by atoms with Crippen LogP contribution in [0, 0.1) is 0 Å². The molecular formula is C16H21N3S. The van der Waals surface area contributed by atoms with Crippen molar-refractivity contribution in [3.63, 3.8) is 0 Å². The van der Waals surface area contributed by atoms with Crippen LogP contribution in [0.3, 0.4) is 0 Å². The lowest BCUT2D eigenvalue weighted by Crippen LogP contribution is -2.21. The van der Waals surface area contributed by atoms with Crippen LogP contribution in [0.4, 0.5) is 0 Å². The second-order valence-corrected chi connectivity index (χ2v) is 6.29. The van der Waals surface area contributed by atoms with E-state index in [4.69, 9.17) is 0 Å². The molecule has 106 valence electrons. The highest BCUT2D eigenvalue weighted by Crippen LogP contribution is 2.20. The lowest BCUT2D eigenvalue weighted by Gasteiger charge is -2.18. The van der Waals surface area contributed by atoms with Gasteiger partial charge in [-0.15, -0.1) is 11.3 Å². The van der Waals surface area contributed by atoms with E-state index in [1.165, 1.54) is 24.0 Å². The molecule has 1 aliphatic carbocycles. The third-order valence-corrected chi connectivity index (χ3v) is 4.27. The number of nitrogens with one attached hydrogen (secondary N) is 1. The Morgan fingerprint density at radius 1 is 1.25 bits per heavy atom. The Hall–Kier alpha value is -1.23. The lowest BCUT2D eigenvalue weighted by molar-refractivity contribution is 0.314. The molecule has 1 aromatic carbocycles. The van der Waals surface area contributed by atoms with Gasteiger partial charge in [0.15, 0.2) is 0 Å². The lowest BCUT2D eigenvalue weighted by atomic mass is 10.1. The van der Waals surface area contributed by atoms with Crippen molar-refractivity contribution in [2.24, 2.45) is 0 Å². The summed E-state index contributed by atoms with van der Waals surface area (Å²) in [6.45, 7) is 2.87. The highest BCUT2D eigenvalue weighted by atomic mass is 32.1. The van der Waals surface area contributed by atoms with E-state index in [2.05, 4.69) is 51.9 Å². The highest BCUT2D eigenvalue weighted by molar-refractivity contribution is 7.07. The van der Waals surface area contributed by atoms with Gasteiger partial charge in [0.05, 0.1) is 11.2 Å². The van der Waals surface area contributed by atoms with Gasteiger partial charge in [-0.3, -0.25) is 4.90 Å². The quantitative estimate of drug-likeness (QED) is 0.848. The normalized spacial score (nSPS) is 14.9. The van der Waals surface area contributed by atoms with Crippen molar-refractivity contribution in [2.45, 2.75) is 38.5 Å². The van der Waals surface area contributed by atoms with Gasteiger partial charge in [-0.05, 0) is 31.0 Å². The molecule has 1 heterocycles. The molecule has 2 aromatic rings. The molecule has 3 rings (SSSR count). The smallest absolute Gasteiger partial charge is 0.0795 e. The third kappa shape index (κ3) is 3.88. The molecule has 0 radical (unpaired) electrons. The van der Waals surface area contributed by atoms with Gasteiger partial charge in [0.1, 0.15) is 0 Å². The molecule has 1 aromatic heterocycles. The van der Waals surface area contributed by atoms with Crippen LogP contribution in [0.15, 0.2) is 35.2 Å². The van der Waals surface area contributed by atoms with Crippen molar-refractivity contribution < 1.29 is 0 Å². The molecule has 4 heteroatoms. The molecule has 0 unspecified atom stereocenters. The summed E-state index contributed by atoms with van der Waals surface area (Å²) in [5.74, 6) is 0. The van der Waals surface area contributed by atoms with E-state index in [9.17, 15) is 0 Å². The van der Waals surface area contributed by atoms with Gasteiger partial charge >= 0.3 is 0 Å². The Labute approximate surface area is 124 Å². The zero-order chi connectivity index (χ0) is 13.8. The monoisotopic (exact) mass is 287 g/mol. The van der Waals surface area contributed by atoms with Crippen molar-refractivity contribution in [2.75, 3.05) is 7.05 Å². The van der Waals surface area contributed by atoms with Crippen LogP contribution >= 0.6 is 11.3 Å². The topological polar surface area (TPSA) is 28.2 Å². The fourth-order valence-electron chi connectivity index (χ4n) is 2.36. The van der Waals surface area contributed by atoms with Crippen LogP contribution in [0.1, 0.15) is 29.7 Å². The standard InChI is InChI=1S/C16H21N3S/c1-19(10-16-11-20-12-18-16)9-14-5-3-2-4-13(14)8-17-15-6-7-15/h2-5,11-12,15,17H,6-10H2,1H3. The van der Waals surface area contributed by atoms with Gasteiger partial charge < -0.3 is 5.32 Å². The van der Waals surface area contributed by atoms with E-state index in [0.717, 1.165) is 31.4 Å². The molecule has 1 saturated carbocycles. The molecular weight excluding hydrogens is 266 g/mol. The second kappa shape index (κ2) is 6.48. The molecule has 20 heavy (non-hydrogen) atoms. The number of aromatic nitrogens is 1. The number of rotatable bonds is 7. The van der Waals surface area contributed by atoms with E-state index in [1.807, 2.05) is 5.51 Å². The summed E-state index contributed by atoms with van der Waals surface area (Å²) >= 11 is 1.66. The maximum absolute atomic E-state index is 4.35. The first-order chi connectivity index (χ1) is 9.81. The fraction of sp³-hybridized carbons (Fsp3) is 0.438. The van der Waals surface area contributed by atoms with Crippen LogP contribution in [-0.2, 0) is 19.6 Å². The van der Waals surface area contributed by atoms with Crippen LogP contribution in [-0.4, -0.2) is 23.0 Å². The molecule has 0 amide bonds. The number of nitrogens with zero attached hydrogens (tertiary/aromatic N) is 2. The minimum absolute atomic E-state index is 0.760. The second-order valence-electron chi connectivity index (χ2n) is 5.58. The summed E-state index contributed by atoms with van der Waals surface area (Å²) in [6.07, 6.45) is 2.68. The van der Waals surface area contributed by atoms with Gasteiger partial charge in [0, 0.05) is 31.1 Å². The van der Waals surface area contributed by atoms with E-state index < -0.39 is 0 Å². The molecule has 1 fully saturated rings. The summed E-state index contributed by atoms with van der Waals surface area (Å²) in [4.78, 5) is 6.68. The predicted molar refractivity (Wildman–Crippen MR) is 83.6 cm³/mol. The van der Waals surface area contributed by atoms with Crippen molar-refractivity contribution >= 4 is 11.3 Å². The Balaban J connectivity index is 1.60. The molecule has 1 N–H and O–H groups in total. The first-order valence-corrected chi connectivity index (χ1v) is 8.11. The minimum atomic E-state index is 0.760. The van der Waals surface area contributed by atoms with E-state index in [0.29, 0.717) is 0 Å². The van der Waals surface area contributed by atoms with Gasteiger partial charge in [0.2, 0.25) is 0 Å².